The summed E-state index contributed by atoms with van der Waals surface area (Å²) >= 11 is 0. The lowest BCUT2D eigenvalue weighted by molar-refractivity contribution is 0.148. The zero-order chi connectivity index (χ0) is 21.9. The predicted octanol–water partition coefficient (Wildman–Crippen LogP) is 2.19. The van der Waals surface area contributed by atoms with Gasteiger partial charge in [-0.2, -0.15) is 0 Å². The molecular formula is C24H35N5O2. The number of hydrogen-bond acceptors (Lipinski definition) is 5. The predicted molar refractivity (Wildman–Crippen MR) is 126 cm³/mol. The first-order valence-corrected chi connectivity index (χ1v) is 10.9. The lowest BCUT2D eigenvalue weighted by Crippen LogP contribution is -2.43. The monoisotopic (exact) mass is 425 g/mol. The van der Waals surface area contributed by atoms with Crippen LogP contribution in [0.5, 0.6) is 11.5 Å². The van der Waals surface area contributed by atoms with Gasteiger partial charge in [-0.1, -0.05) is 24.3 Å². The van der Waals surface area contributed by atoms with Gasteiger partial charge in [-0.15, -0.1) is 0 Å². The summed E-state index contributed by atoms with van der Waals surface area (Å²) in [6.45, 7) is 7.56. The Morgan fingerprint density at radius 1 is 0.903 bits per heavy atom. The Morgan fingerprint density at radius 3 is 2.19 bits per heavy atom. The minimum absolute atomic E-state index is 0.550. The van der Waals surface area contributed by atoms with Crippen LogP contribution in [-0.4, -0.2) is 76.3 Å². The Kier molecular flexibility index (Phi) is 8.99. The van der Waals surface area contributed by atoms with Crippen molar-refractivity contribution in [1.29, 1.82) is 0 Å². The second-order valence-corrected chi connectivity index (χ2v) is 7.77. The van der Waals surface area contributed by atoms with Gasteiger partial charge in [0.15, 0.2) is 5.96 Å². The van der Waals surface area contributed by atoms with Crippen molar-refractivity contribution in [3.63, 3.8) is 0 Å². The maximum atomic E-state index is 5.74. The Bertz CT molecular complexity index is 800. The van der Waals surface area contributed by atoms with E-state index >= 15 is 0 Å². The van der Waals surface area contributed by atoms with Gasteiger partial charge in [0.25, 0.3) is 0 Å². The SMILES string of the molecule is CN=C(NCCOc1ccc(OC)cc1)NCc1ccc(CN2CCN(C)CC2)cc1. The van der Waals surface area contributed by atoms with E-state index in [-0.39, 0.29) is 0 Å². The van der Waals surface area contributed by atoms with E-state index in [0.717, 1.165) is 56.7 Å². The molecule has 7 nitrogen and oxygen atoms in total. The number of hydrogen-bond donors (Lipinski definition) is 2. The molecule has 0 bridgehead atoms. The molecule has 1 fully saturated rings. The Balaban J connectivity index is 1.34. The number of nitrogens with one attached hydrogen (secondary N) is 2. The fourth-order valence-corrected chi connectivity index (χ4v) is 3.44. The van der Waals surface area contributed by atoms with E-state index in [1.165, 1.54) is 11.1 Å². The zero-order valence-corrected chi connectivity index (χ0v) is 18.9. The third-order valence-corrected chi connectivity index (χ3v) is 5.43. The van der Waals surface area contributed by atoms with Crippen molar-refractivity contribution in [3.8, 4) is 11.5 Å². The van der Waals surface area contributed by atoms with E-state index in [4.69, 9.17) is 9.47 Å². The summed E-state index contributed by atoms with van der Waals surface area (Å²) in [6, 6.07) is 16.4. The highest BCUT2D eigenvalue weighted by molar-refractivity contribution is 5.79. The summed E-state index contributed by atoms with van der Waals surface area (Å²) in [5.41, 5.74) is 2.60. The van der Waals surface area contributed by atoms with Crippen LogP contribution in [0.4, 0.5) is 0 Å². The molecule has 2 aromatic rings. The van der Waals surface area contributed by atoms with Crippen LogP contribution < -0.4 is 20.1 Å². The standard InChI is InChI=1S/C24H35N5O2/c1-25-24(26-12-17-31-23-10-8-22(30-3)9-11-23)27-18-20-4-6-21(7-5-20)19-29-15-13-28(2)14-16-29/h4-11H,12-19H2,1-3H3,(H2,25,26,27). The van der Waals surface area contributed by atoms with Gasteiger partial charge in [-0.25, -0.2) is 0 Å². The van der Waals surface area contributed by atoms with Crippen LogP contribution in [0.3, 0.4) is 0 Å². The van der Waals surface area contributed by atoms with Gasteiger partial charge in [0.05, 0.1) is 13.7 Å². The van der Waals surface area contributed by atoms with E-state index in [2.05, 4.69) is 56.7 Å². The van der Waals surface area contributed by atoms with Crippen LogP contribution in [0.1, 0.15) is 11.1 Å². The van der Waals surface area contributed by atoms with E-state index in [9.17, 15) is 0 Å². The van der Waals surface area contributed by atoms with Crippen molar-refractivity contribution < 1.29 is 9.47 Å². The molecule has 1 saturated heterocycles. The molecule has 168 valence electrons. The Hall–Kier alpha value is -2.77. The van der Waals surface area contributed by atoms with Crippen LogP contribution in [0.2, 0.25) is 0 Å². The molecule has 0 atom stereocenters. The first kappa shape index (κ1) is 22.9. The summed E-state index contributed by atoms with van der Waals surface area (Å²) in [6.07, 6.45) is 0. The highest BCUT2D eigenvalue weighted by Crippen LogP contribution is 2.16. The Morgan fingerprint density at radius 2 is 1.55 bits per heavy atom. The molecule has 1 aliphatic rings. The molecular weight excluding hydrogens is 390 g/mol. The number of guanidine groups is 1. The highest BCUT2D eigenvalue weighted by Gasteiger charge is 2.13. The third kappa shape index (κ3) is 7.77. The van der Waals surface area contributed by atoms with Gasteiger partial charge in [-0.3, -0.25) is 9.89 Å². The van der Waals surface area contributed by atoms with Gasteiger partial charge < -0.3 is 25.0 Å². The van der Waals surface area contributed by atoms with E-state index in [1.54, 1.807) is 14.2 Å². The first-order valence-electron chi connectivity index (χ1n) is 10.9. The van der Waals surface area contributed by atoms with Crippen molar-refractivity contribution in [2.45, 2.75) is 13.1 Å². The van der Waals surface area contributed by atoms with E-state index in [1.807, 2.05) is 24.3 Å². The summed E-state index contributed by atoms with van der Waals surface area (Å²) in [7, 11) is 5.62. The maximum absolute atomic E-state index is 5.74. The van der Waals surface area contributed by atoms with Crippen LogP contribution in [0, 0.1) is 0 Å². The van der Waals surface area contributed by atoms with Crippen molar-refractivity contribution >= 4 is 5.96 Å². The highest BCUT2D eigenvalue weighted by atomic mass is 16.5. The molecule has 0 aromatic heterocycles. The van der Waals surface area contributed by atoms with Crippen molar-refractivity contribution in [2.24, 2.45) is 4.99 Å². The molecule has 0 amide bonds. The van der Waals surface area contributed by atoms with Crippen molar-refractivity contribution in [3.05, 3.63) is 59.7 Å². The molecule has 1 heterocycles. The first-order chi connectivity index (χ1) is 15.2. The van der Waals surface area contributed by atoms with Gasteiger partial charge in [0.1, 0.15) is 18.1 Å². The number of nitrogens with zero attached hydrogens (tertiary/aromatic N) is 3. The molecule has 0 saturated carbocycles. The van der Waals surface area contributed by atoms with Crippen LogP contribution >= 0.6 is 0 Å². The molecule has 3 rings (SSSR count). The molecule has 0 radical (unpaired) electrons. The number of aliphatic imine (C=N–C) groups is 1. The zero-order valence-electron chi connectivity index (χ0n) is 18.9. The summed E-state index contributed by atoms with van der Waals surface area (Å²) in [4.78, 5) is 9.19. The Labute approximate surface area is 186 Å². The summed E-state index contributed by atoms with van der Waals surface area (Å²) in [5.74, 6) is 2.41. The molecule has 7 heteroatoms. The molecule has 0 spiro atoms. The smallest absolute Gasteiger partial charge is 0.191 e. The average molecular weight is 426 g/mol. The lowest BCUT2D eigenvalue weighted by Gasteiger charge is -2.32. The second-order valence-electron chi connectivity index (χ2n) is 7.77. The van der Waals surface area contributed by atoms with Gasteiger partial charge >= 0.3 is 0 Å². The quantitative estimate of drug-likeness (QED) is 0.365. The number of piperazine rings is 1. The minimum atomic E-state index is 0.550. The second kappa shape index (κ2) is 12.2. The summed E-state index contributed by atoms with van der Waals surface area (Å²) in [5, 5.41) is 6.64. The number of methoxy groups -OCH3 is 1. The van der Waals surface area contributed by atoms with E-state index in [0.29, 0.717) is 13.2 Å². The maximum Gasteiger partial charge on any atom is 0.191 e. The van der Waals surface area contributed by atoms with E-state index < -0.39 is 0 Å². The molecule has 1 aliphatic heterocycles. The van der Waals surface area contributed by atoms with Crippen molar-refractivity contribution in [1.82, 2.24) is 20.4 Å². The van der Waals surface area contributed by atoms with Crippen LogP contribution in [0.25, 0.3) is 0 Å². The molecule has 0 unspecified atom stereocenters. The van der Waals surface area contributed by atoms with Crippen LogP contribution in [-0.2, 0) is 13.1 Å². The molecule has 2 N–H and O–H groups in total. The largest absolute Gasteiger partial charge is 0.497 e. The fourth-order valence-electron chi connectivity index (χ4n) is 3.44. The number of benzene rings is 2. The average Bonchev–Trinajstić information content (AvgIpc) is 2.81. The topological polar surface area (TPSA) is 61.4 Å². The van der Waals surface area contributed by atoms with Gasteiger partial charge in [0, 0.05) is 46.3 Å². The summed E-state index contributed by atoms with van der Waals surface area (Å²) < 4.78 is 10.9. The minimum Gasteiger partial charge on any atom is -0.497 e. The van der Waals surface area contributed by atoms with Crippen molar-refractivity contribution in [2.75, 3.05) is 60.5 Å². The molecule has 31 heavy (non-hydrogen) atoms. The van der Waals surface area contributed by atoms with Gasteiger partial charge in [0.2, 0.25) is 0 Å². The third-order valence-electron chi connectivity index (χ3n) is 5.43. The van der Waals surface area contributed by atoms with Gasteiger partial charge in [-0.05, 0) is 42.4 Å². The van der Waals surface area contributed by atoms with Crippen LogP contribution in [0.15, 0.2) is 53.5 Å². The fraction of sp³-hybridized carbons (Fsp3) is 0.458. The number of ether oxygens (including phenoxy) is 2. The number of rotatable bonds is 9. The number of likely N-dealkylation sites (N-methyl/N-ethyl adjacent to an activating group) is 1. The lowest BCUT2D eigenvalue weighted by atomic mass is 10.1. The molecule has 0 aliphatic carbocycles. The normalized spacial score (nSPS) is 15.5. The molecule has 2 aromatic carbocycles.